The Bertz CT molecular complexity index is 942. The van der Waals surface area contributed by atoms with Crippen LogP contribution < -0.4 is 4.74 Å². The van der Waals surface area contributed by atoms with E-state index < -0.39 is 0 Å². The van der Waals surface area contributed by atoms with Gasteiger partial charge in [0, 0.05) is 30.1 Å². The first-order valence-electron chi connectivity index (χ1n) is 10.3. The molecular formula is C25H31NO3. The van der Waals surface area contributed by atoms with E-state index in [1.54, 1.807) is 7.11 Å². The summed E-state index contributed by atoms with van der Waals surface area (Å²) in [6.45, 7) is 2.15. The molecule has 29 heavy (non-hydrogen) atoms. The van der Waals surface area contributed by atoms with Crippen LogP contribution in [0.3, 0.4) is 0 Å². The molecule has 1 heterocycles. The highest BCUT2D eigenvalue weighted by Crippen LogP contribution is 2.38. The third-order valence-electron chi connectivity index (χ3n) is 5.78. The van der Waals surface area contributed by atoms with Crippen LogP contribution in [0.15, 0.2) is 54.7 Å². The van der Waals surface area contributed by atoms with Gasteiger partial charge in [0.15, 0.2) is 0 Å². The third-order valence-corrected chi connectivity index (χ3v) is 5.78. The zero-order chi connectivity index (χ0) is 20.8. The maximum absolute atomic E-state index is 12.5. The van der Waals surface area contributed by atoms with E-state index in [9.17, 15) is 4.79 Å². The Kier molecular flexibility index (Phi) is 6.97. The van der Waals surface area contributed by atoms with Gasteiger partial charge in [0.25, 0.3) is 0 Å². The summed E-state index contributed by atoms with van der Waals surface area (Å²) < 4.78 is 12.7. The number of carbonyl (C=O) groups is 1. The molecule has 0 radical (unpaired) electrons. The molecule has 2 aromatic carbocycles. The number of rotatable bonds is 9. The number of hydrogen-bond acceptors (Lipinski definition) is 3. The molecule has 0 spiro atoms. The molecule has 0 saturated carbocycles. The first-order chi connectivity index (χ1) is 14.1. The Morgan fingerprint density at radius 3 is 2.45 bits per heavy atom. The Balaban J connectivity index is 2.06. The number of methoxy groups -OCH3 is 2. The standard InChI is InChI=1S/C25H31NO3/c1-5-6-9-19(25(27)29-4)16-22(18-12-14-20(28-3)15-13-18)23-17-26(2)24-11-8-7-10-21(23)24/h7-8,10-15,17,19,22H,5-6,9,16H2,1-4H3. The average Bonchev–Trinajstić information content (AvgIpc) is 3.10. The van der Waals surface area contributed by atoms with E-state index in [2.05, 4.69) is 61.1 Å². The highest BCUT2D eigenvalue weighted by Gasteiger charge is 2.27. The number of para-hydroxylation sites is 1. The highest BCUT2D eigenvalue weighted by atomic mass is 16.5. The predicted molar refractivity (Wildman–Crippen MR) is 117 cm³/mol. The van der Waals surface area contributed by atoms with Crippen LogP contribution in [0.1, 0.15) is 49.7 Å². The molecule has 0 amide bonds. The van der Waals surface area contributed by atoms with Gasteiger partial charge in [-0.25, -0.2) is 0 Å². The number of aryl methyl sites for hydroxylation is 1. The van der Waals surface area contributed by atoms with Crippen molar-refractivity contribution in [2.75, 3.05) is 14.2 Å². The van der Waals surface area contributed by atoms with Crippen molar-refractivity contribution in [3.8, 4) is 5.75 Å². The Hall–Kier alpha value is -2.75. The van der Waals surface area contributed by atoms with Crippen LogP contribution in [0.4, 0.5) is 0 Å². The zero-order valence-electron chi connectivity index (χ0n) is 17.9. The minimum atomic E-state index is -0.119. The van der Waals surface area contributed by atoms with Crippen LogP contribution in [-0.4, -0.2) is 24.8 Å². The molecule has 3 aromatic rings. The lowest BCUT2D eigenvalue weighted by Crippen LogP contribution is -2.20. The molecule has 0 aliphatic heterocycles. The van der Waals surface area contributed by atoms with Gasteiger partial charge in [0.2, 0.25) is 0 Å². The number of benzene rings is 2. The van der Waals surface area contributed by atoms with Crippen LogP contribution in [0.2, 0.25) is 0 Å². The second kappa shape index (κ2) is 9.64. The number of esters is 1. The fourth-order valence-electron chi connectivity index (χ4n) is 4.16. The van der Waals surface area contributed by atoms with E-state index in [1.807, 2.05) is 12.1 Å². The van der Waals surface area contributed by atoms with Crippen molar-refractivity contribution in [3.63, 3.8) is 0 Å². The van der Waals surface area contributed by atoms with Crippen molar-refractivity contribution in [2.24, 2.45) is 13.0 Å². The van der Waals surface area contributed by atoms with Crippen LogP contribution in [0.5, 0.6) is 5.75 Å². The van der Waals surface area contributed by atoms with Gasteiger partial charge < -0.3 is 14.0 Å². The quantitative estimate of drug-likeness (QED) is 0.439. The highest BCUT2D eigenvalue weighted by molar-refractivity contribution is 5.85. The molecule has 4 nitrogen and oxygen atoms in total. The van der Waals surface area contributed by atoms with Crippen LogP contribution >= 0.6 is 0 Å². The van der Waals surface area contributed by atoms with Crippen molar-refractivity contribution in [1.29, 1.82) is 0 Å². The van der Waals surface area contributed by atoms with Gasteiger partial charge >= 0.3 is 5.97 Å². The number of carbonyl (C=O) groups excluding carboxylic acids is 1. The predicted octanol–water partition coefficient (Wildman–Crippen LogP) is 5.69. The van der Waals surface area contributed by atoms with Crippen LogP contribution in [0, 0.1) is 5.92 Å². The minimum absolute atomic E-state index is 0.105. The fourth-order valence-corrected chi connectivity index (χ4v) is 4.16. The van der Waals surface area contributed by atoms with Gasteiger partial charge in [-0.3, -0.25) is 4.79 Å². The summed E-state index contributed by atoms with van der Waals surface area (Å²) in [6, 6.07) is 16.6. The van der Waals surface area contributed by atoms with Gasteiger partial charge in [-0.1, -0.05) is 50.1 Å². The fraction of sp³-hybridized carbons (Fsp3) is 0.400. The van der Waals surface area contributed by atoms with Gasteiger partial charge in [0.1, 0.15) is 5.75 Å². The van der Waals surface area contributed by atoms with E-state index >= 15 is 0 Å². The van der Waals surface area contributed by atoms with Crippen molar-refractivity contribution in [2.45, 2.75) is 38.5 Å². The molecule has 4 heteroatoms. The van der Waals surface area contributed by atoms with Crippen molar-refractivity contribution >= 4 is 16.9 Å². The smallest absolute Gasteiger partial charge is 0.308 e. The number of ether oxygens (including phenoxy) is 2. The summed E-state index contributed by atoms with van der Waals surface area (Å²) in [5.74, 6) is 0.706. The number of aromatic nitrogens is 1. The van der Waals surface area contributed by atoms with Crippen molar-refractivity contribution < 1.29 is 14.3 Å². The van der Waals surface area contributed by atoms with Crippen molar-refractivity contribution in [1.82, 2.24) is 4.57 Å². The normalized spacial score (nSPS) is 13.2. The molecule has 2 atom stereocenters. The molecule has 0 fully saturated rings. The number of nitrogens with zero attached hydrogens (tertiary/aromatic N) is 1. The molecule has 0 N–H and O–H groups in total. The number of hydrogen-bond donors (Lipinski definition) is 0. The maximum Gasteiger partial charge on any atom is 0.308 e. The van der Waals surface area contributed by atoms with Crippen molar-refractivity contribution in [3.05, 3.63) is 65.9 Å². The first-order valence-corrected chi connectivity index (χ1v) is 10.3. The summed E-state index contributed by atoms with van der Waals surface area (Å²) in [6.07, 6.45) is 5.86. The molecule has 3 rings (SSSR count). The number of unbranched alkanes of at least 4 members (excludes halogenated alkanes) is 1. The molecule has 0 aliphatic carbocycles. The van der Waals surface area contributed by atoms with Gasteiger partial charge in [-0.2, -0.15) is 0 Å². The van der Waals surface area contributed by atoms with Crippen LogP contribution in [-0.2, 0) is 16.6 Å². The molecular weight excluding hydrogens is 362 g/mol. The molecule has 1 aromatic heterocycles. The first kappa shape index (κ1) is 21.0. The third kappa shape index (κ3) is 4.64. The second-order valence-corrected chi connectivity index (χ2v) is 7.64. The molecule has 0 aliphatic rings. The van der Waals surface area contributed by atoms with Crippen LogP contribution in [0.25, 0.3) is 10.9 Å². The summed E-state index contributed by atoms with van der Waals surface area (Å²) in [5, 5.41) is 1.23. The topological polar surface area (TPSA) is 40.5 Å². The lowest BCUT2D eigenvalue weighted by atomic mass is 9.82. The summed E-state index contributed by atoms with van der Waals surface area (Å²) >= 11 is 0. The second-order valence-electron chi connectivity index (χ2n) is 7.64. The Morgan fingerprint density at radius 1 is 1.07 bits per heavy atom. The Morgan fingerprint density at radius 2 is 1.79 bits per heavy atom. The molecule has 154 valence electrons. The largest absolute Gasteiger partial charge is 0.497 e. The number of fused-ring (bicyclic) bond motifs is 1. The van der Waals surface area contributed by atoms with Gasteiger partial charge in [0.05, 0.1) is 20.1 Å². The Labute approximate surface area is 173 Å². The lowest BCUT2D eigenvalue weighted by molar-refractivity contribution is -0.146. The van der Waals surface area contributed by atoms with Gasteiger partial charge in [-0.15, -0.1) is 0 Å². The van der Waals surface area contributed by atoms with E-state index in [0.29, 0.717) is 0 Å². The summed E-state index contributed by atoms with van der Waals surface area (Å²) in [4.78, 5) is 12.5. The lowest BCUT2D eigenvalue weighted by Gasteiger charge is -2.23. The maximum atomic E-state index is 12.5. The minimum Gasteiger partial charge on any atom is -0.497 e. The van der Waals surface area contributed by atoms with E-state index in [0.717, 1.165) is 31.4 Å². The monoisotopic (exact) mass is 393 g/mol. The molecule has 0 saturated heterocycles. The average molecular weight is 394 g/mol. The van der Waals surface area contributed by atoms with E-state index in [1.165, 1.54) is 29.1 Å². The van der Waals surface area contributed by atoms with E-state index in [4.69, 9.17) is 9.47 Å². The summed E-state index contributed by atoms with van der Waals surface area (Å²) in [5.41, 5.74) is 3.63. The summed E-state index contributed by atoms with van der Waals surface area (Å²) in [7, 11) is 5.24. The molecule has 0 bridgehead atoms. The molecule has 2 unspecified atom stereocenters. The van der Waals surface area contributed by atoms with Gasteiger partial charge in [-0.05, 0) is 42.2 Å². The zero-order valence-corrected chi connectivity index (χ0v) is 17.9. The van der Waals surface area contributed by atoms with E-state index in [-0.39, 0.29) is 17.8 Å². The SMILES string of the molecule is CCCCC(CC(c1ccc(OC)cc1)c1cn(C)c2ccccc12)C(=O)OC.